The Hall–Kier alpha value is -6.98. The second kappa shape index (κ2) is 18.2. The summed E-state index contributed by atoms with van der Waals surface area (Å²) in [5.41, 5.74) is 12.8. The zero-order valence-electron chi connectivity index (χ0n) is 37.4. The van der Waals surface area contributed by atoms with Crippen molar-refractivity contribution >= 4 is 65.4 Å². The van der Waals surface area contributed by atoms with Crippen molar-refractivity contribution in [3.63, 3.8) is 0 Å². The fourth-order valence-corrected chi connectivity index (χ4v) is 9.18. The molecule has 314 valence electrons. The second-order valence-electron chi connectivity index (χ2n) is 17.0. The summed E-state index contributed by atoms with van der Waals surface area (Å²) in [7, 11) is 0. The quantitative estimate of drug-likeness (QED) is 0.153. The van der Waals surface area contributed by atoms with Crippen LogP contribution in [0.5, 0.6) is 0 Å². The lowest BCUT2D eigenvalue weighted by molar-refractivity contribution is 0.563. The highest BCUT2D eigenvalue weighted by Crippen LogP contribution is 2.35. The van der Waals surface area contributed by atoms with Crippen LogP contribution in [0.4, 0.5) is 0 Å². The first kappa shape index (κ1) is 41.4. The fourth-order valence-electron chi connectivity index (χ4n) is 9.18. The van der Waals surface area contributed by atoms with E-state index in [1.54, 1.807) is 0 Å². The minimum absolute atomic E-state index is 0.514. The molecule has 0 amide bonds. The summed E-state index contributed by atoms with van der Waals surface area (Å²) in [5, 5.41) is 7.71. The molecule has 63 heavy (non-hydrogen) atoms. The van der Waals surface area contributed by atoms with E-state index in [2.05, 4.69) is 223 Å². The van der Waals surface area contributed by atoms with Gasteiger partial charge in [-0.05, 0) is 110 Å². The number of nitrogens with zero attached hydrogens (tertiary/aromatic N) is 5. The van der Waals surface area contributed by atoms with E-state index in [4.69, 9.17) is 0 Å². The molecule has 0 fully saturated rings. The fraction of sp³-hybridized carbons (Fsp3) is 0.207. The number of fused-ring (bicyclic) bond motifs is 9. The van der Waals surface area contributed by atoms with Crippen LogP contribution in [-0.2, 0) is 0 Å². The monoisotopic (exact) mass is 823 g/mol. The molecular formula is C58H57N5. The normalized spacial score (nSPS) is 12.9. The predicted molar refractivity (Wildman–Crippen MR) is 269 cm³/mol. The highest BCUT2D eigenvalue weighted by Gasteiger charge is 2.15. The first-order valence-electron chi connectivity index (χ1n) is 22.8. The van der Waals surface area contributed by atoms with E-state index in [0.717, 1.165) is 11.9 Å². The molecule has 11 rings (SSSR count). The van der Waals surface area contributed by atoms with Crippen molar-refractivity contribution in [1.29, 1.82) is 0 Å². The van der Waals surface area contributed by atoms with E-state index in [0.29, 0.717) is 17.9 Å². The van der Waals surface area contributed by atoms with Crippen LogP contribution < -0.4 is 0 Å². The third kappa shape index (κ3) is 7.78. The van der Waals surface area contributed by atoms with E-state index in [-0.39, 0.29) is 0 Å². The predicted octanol–water partition coefficient (Wildman–Crippen LogP) is 16.1. The van der Waals surface area contributed by atoms with Crippen LogP contribution in [0.2, 0.25) is 0 Å². The second-order valence-corrected chi connectivity index (χ2v) is 17.0. The topological polar surface area (TPSA) is 40.6 Å². The van der Waals surface area contributed by atoms with Crippen molar-refractivity contribution in [2.75, 3.05) is 0 Å². The molecule has 11 aromatic rings. The van der Waals surface area contributed by atoms with Gasteiger partial charge in [0.25, 0.3) is 0 Å². The van der Waals surface area contributed by atoms with E-state index in [1.165, 1.54) is 95.2 Å². The van der Waals surface area contributed by atoms with Gasteiger partial charge in [-0.3, -0.25) is 9.97 Å². The van der Waals surface area contributed by atoms with Crippen LogP contribution in [0.25, 0.3) is 76.8 Å². The lowest BCUT2D eigenvalue weighted by Crippen LogP contribution is -2.02. The number of para-hydroxylation sites is 4. The maximum Gasteiger partial charge on any atom is 0.0724 e. The molecule has 3 unspecified atom stereocenters. The van der Waals surface area contributed by atoms with Crippen molar-refractivity contribution in [1.82, 2.24) is 23.7 Å². The molecule has 0 aliphatic carbocycles. The van der Waals surface area contributed by atoms with Gasteiger partial charge >= 0.3 is 0 Å². The minimum Gasteiger partial charge on any atom is -0.338 e. The Balaban J connectivity index is 0.000000122. The van der Waals surface area contributed by atoms with Gasteiger partial charge in [-0.25, -0.2) is 0 Å². The smallest absolute Gasteiger partial charge is 0.0724 e. The molecule has 0 bridgehead atoms. The van der Waals surface area contributed by atoms with Gasteiger partial charge in [0.2, 0.25) is 0 Å². The number of hydrogen-bond donors (Lipinski definition) is 0. The Morgan fingerprint density at radius 1 is 0.365 bits per heavy atom. The van der Waals surface area contributed by atoms with Gasteiger partial charge in [0, 0.05) is 73.8 Å². The Morgan fingerprint density at radius 3 is 1.22 bits per heavy atom. The van der Waals surface area contributed by atoms with E-state index in [1.807, 2.05) is 24.8 Å². The van der Waals surface area contributed by atoms with E-state index >= 15 is 0 Å². The van der Waals surface area contributed by atoms with Crippen molar-refractivity contribution in [2.24, 2.45) is 0 Å². The summed E-state index contributed by atoms with van der Waals surface area (Å²) in [6.07, 6.45) is 11.1. The van der Waals surface area contributed by atoms with Crippen LogP contribution in [0.3, 0.4) is 0 Å². The summed E-state index contributed by atoms with van der Waals surface area (Å²) >= 11 is 0. The molecule has 0 spiro atoms. The van der Waals surface area contributed by atoms with Crippen LogP contribution in [0.1, 0.15) is 89.8 Å². The van der Waals surface area contributed by atoms with Gasteiger partial charge in [0.1, 0.15) is 0 Å². The molecule has 5 aromatic heterocycles. The van der Waals surface area contributed by atoms with Gasteiger partial charge in [0.15, 0.2) is 0 Å². The van der Waals surface area contributed by atoms with E-state index in [9.17, 15) is 0 Å². The summed E-state index contributed by atoms with van der Waals surface area (Å²) in [5.74, 6) is 1.21. The van der Waals surface area contributed by atoms with Crippen LogP contribution in [0.15, 0.2) is 183 Å². The molecule has 6 aromatic carbocycles. The lowest BCUT2D eigenvalue weighted by atomic mass is 9.98. The maximum atomic E-state index is 4.33. The SMILES string of the molecule is CCC(C)c1ccc(-n2c3ccccc3c3ccccc32)cc1.CCC(C)c1ccc(-n2c3ccccc3c3ccncc32)cc1.CCC(C)n1c2ccccc2c2cnccc21. The Morgan fingerprint density at radius 2 is 0.746 bits per heavy atom. The maximum absolute atomic E-state index is 4.33. The standard InChI is InChI=1S/C22H21N.C21H20N2.C15H16N2/c1-3-16(2)17-12-14-18(15-13-17)23-21-10-6-4-8-19(21)20-9-5-7-11-22(20)23;1-3-15(2)16-8-10-17(11-9-16)23-20-7-5-4-6-18(20)19-12-13-22-14-21(19)23;1-3-11(2)17-14-7-5-4-6-12(14)13-10-16-9-8-15(13)17/h4-16H,3H2,1-2H3;4-15H,3H2,1-2H3;4-11H,3H2,1-2H3. The van der Waals surface area contributed by atoms with Crippen LogP contribution in [-0.4, -0.2) is 23.7 Å². The van der Waals surface area contributed by atoms with Crippen molar-refractivity contribution in [3.05, 3.63) is 194 Å². The van der Waals surface area contributed by atoms with Crippen LogP contribution >= 0.6 is 0 Å². The molecule has 0 saturated carbocycles. The Labute approximate surface area is 371 Å². The Kier molecular flexibility index (Phi) is 11.9. The molecule has 3 atom stereocenters. The number of hydrogen-bond acceptors (Lipinski definition) is 2. The summed E-state index contributed by atoms with van der Waals surface area (Å²) in [4.78, 5) is 8.58. The van der Waals surface area contributed by atoms with Gasteiger partial charge < -0.3 is 13.7 Å². The summed E-state index contributed by atoms with van der Waals surface area (Å²) in [6, 6.07) is 57.1. The third-order valence-electron chi connectivity index (χ3n) is 13.3. The number of aromatic nitrogens is 5. The molecule has 0 aliphatic heterocycles. The molecule has 0 N–H and O–H groups in total. The van der Waals surface area contributed by atoms with Crippen LogP contribution in [0, 0.1) is 0 Å². The van der Waals surface area contributed by atoms with Crippen molar-refractivity contribution in [3.8, 4) is 11.4 Å². The number of rotatable bonds is 8. The summed E-state index contributed by atoms with van der Waals surface area (Å²) in [6.45, 7) is 13.5. The largest absolute Gasteiger partial charge is 0.338 e. The first-order chi connectivity index (χ1) is 30.9. The molecule has 0 aliphatic rings. The highest BCUT2D eigenvalue weighted by molar-refractivity contribution is 6.10. The summed E-state index contributed by atoms with van der Waals surface area (Å²) < 4.78 is 7.09. The zero-order chi connectivity index (χ0) is 43.5. The van der Waals surface area contributed by atoms with Gasteiger partial charge in [-0.2, -0.15) is 0 Å². The minimum atomic E-state index is 0.514. The molecule has 5 heterocycles. The van der Waals surface area contributed by atoms with Crippen molar-refractivity contribution < 1.29 is 0 Å². The molecule has 0 radical (unpaired) electrons. The van der Waals surface area contributed by atoms with Gasteiger partial charge in [-0.1, -0.05) is 132 Å². The highest BCUT2D eigenvalue weighted by atomic mass is 15.0. The zero-order valence-corrected chi connectivity index (χ0v) is 37.4. The molecule has 5 heteroatoms. The number of benzene rings is 6. The Bertz CT molecular complexity index is 2970. The third-order valence-corrected chi connectivity index (χ3v) is 13.3. The first-order valence-corrected chi connectivity index (χ1v) is 22.8. The van der Waals surface area contributed by atoms with E-state index < -0.39 is 0 Å². The van der Waals surface area contributed by atoms with Crippen molar-refractivity contribution in [2.45, 2.75) is 78.7 Å². The number of pyridine rings is 2. The van der Waals surface area contributed by atoms with Gasteiger partial charge in [-0.15, -0.1) is 0 Å². The average molecular weight is 824 g/mol. The lowest BCUT2D eigenvalue weighted by Gasteiger charge is -2.14. The van der Waals surface area contributed by atoms with Gasteiger partial charge in [0.05, 0.1) is 33.8 Å². The molecular weight excluding hydrogens is 767 g/mol. The average Bonchev–Trinajstić information content (AvgIpc) is 4.00. The molecule has 0 saturated heterocycles. The molecule has 5 nitrogen and oxygen atoms in total.